The Balaban J connectivity index is 0.00000385. The van der Waals surface area contributed by atoms with Gasteiger partial charge in [0, 0.05) is 44.5 Å². The van der Waals surface area contributed by atoms with Crippen molar-refractivity contribution in [1.82, 2.24) is 15.5 Å². The van der Waals surface area contributed by atoms with Crippen molar-refractivity contribution < 1.29 is 18.7 Å². The summed E-state index contributed by atoms with van der Waals surface area (Å²) < 4.78 is 23.7. The second-order valence-electron chi connectivity index (χ2n) is 7.57. The third-order valence-corrected chi connectivity index (χ3v) is 5.20. The molecule has 1 aliphatic rings. The molecular weight excluding hydrogens is 540 g/mol. The van der Waals surface area contributed by atoms with Crippen molar-refractivity contribution in [2.45, 2.75) is 19.0 Å². The highest BCUT2D eigenvalue weighted by atomic mass is 127. The molecule has 1 heterocycles. The Morgan fingerprint density at radius 1 is 1.15 bits per heavy atom. The van der Waals surface area contributed by atoms with Gasteiger partial charge in [0.15, 0.2) is 5.96 Å². The lowest BCUT2D eigenvalue weighted by atomic mass is 10.2. The quantitative estimate of drug-likeness (QED) is 0.257. The van der Waals surface area contributed by atoms with Crippen LogP contribution in [-0.2, 0) is 11.3 Å². The molecule has 1 saturated heterocycles. The molecule has 180 valence electrons. The van der Waals surface area contributed by atoms with Crippen molar-refractivity contribution in [3.63, 3.8) is 0 Å². The number of ether oxygens (including phenoxy) is 2. The minimum absolute atomic E-state index is 0. The van der Waals surface area contributed by atoms with Crippen LogP contribution in [0, 0.1) is 5.82 Å². The van der Waals surface area contributed by atoms with Crippen molar-refractivity contribution in [1.29, 1.82) is 0 Å². The van der Waals surface area contributed by atoms with Gasteiger partial charge < -0.3 is 25.4 Å². The Hall–Kier alpha value is -2.60. The monoisotopic (exact) mass is 571 g/mol. The third-order valence-electron chi connectivity index (χ3n) is 5.20. The predicted octanol–water partition coefficient (Wildman–Crippen LogP) is 2.84. The van der Waals surface area contributed by atoms with Gasteiger partial charge in [0.2, 0.25) is 5.91 Å². The third kappa shape index (κ3) is 8.35. The van der Waals surface area contributed by atoms with Crippen LogP contribution in [0.2, 0.25) is 0 Å². The number of hydrogen-bond acceptors (Lipinski definition) is 5. The lowest BCUT2D eigenvalue weighted by Crippen LogP contribution is -2.46. The number of anilines is 1. The topological polar surface area (TPSA) is 87.2 Å². The Kier molecular flexibility index (Phi) is 10.7. The van der Waals surface area contributed by atoms with E-state index in [9.17, 15) is 9.18 Å². The van der Waals surface area contributed by atoms with E-state index in [1.54, 1.807) is 21.3 Å². The first-order chi connectivity index (χ1) is 15.5. The first kappa shape index (κ1) is 26.7. The molecule has 0 spiro atoms. The molecule has 33 heavy (non-hydrogen) atoms. The SMILES string of the molecule is CN=C(NCC(=O)Nc1ccc(F)cc1)NC1CCN(Cc2cc(OC)cc(OC)c2)C1.I. The van der Waals surface area contributed by atoms with Crippen LogP contribution in [0.25, 0.3) is 0 Å². The molecule has 1 atom stereocenters. The van der Waals surface area contributed by atoms with Gasteiger partial charge in [-0.1, -0.05) is 0 Å². The minimum atomic E-state index is -0.345. The van der Waals surface area contributed by atoms with Gasteiger partial charge in [0.25, 0.3) is 0 Å². The molecule has 3 rings (SSSR count). The van der Waals surface area contributed by atoms with Crippen LogP contribution in [0.5, 0.6) is 11.5 Å². The molecule has 1 fully saturated rings. The number of rotatable bonds is 8. The van der Waals surface area contributed by atoms with Gasteiger partial charge >= 0.3 is 0 Å². The van der Waals surface area contributed by atoms with Crippen LogP contribution in [0.15, 0.2) is 47.5 Å². The zero-order valence-electron chi connectivity index (χ0n) is 19.1. The fourth-order valence-electron chi connectivity index (χ4n) is 3.60. The molecule has 0 saturated carbocycles. The summed E-state index contributed by atoms with van der Waals surface area (Å²) in [6.45, 7) is 2.64. The van der Waals surface area contributed by atoms with E-state index in [4.69, 9.17) is 9.47 Å². The summed E-state index contributed by atoms with van der Waals surface area (Å²) in [4.78, 5) is 18.7. The number of carbonyl (C=O) groups excluding carboxylic acids is 1. The number of nitrogens with one attached hydrogen (secondary N) is 3. The standard InChI is InChI=1S/C23H30FN5O3.HI/c1-25-23(26-13-22(30)27-18-6-4-17(24)5-7-18)28-19-8-9-29(15-19)14-16-10-20(31-2)12-21(11-16)32-3;/h4-7,10-12,19H,8-9,13-15H2,1-3H3,(H,27,30)(H2,25,26,28);1H. The highest BCUT2D eigenvalue weighted by molar-refractivity contribution is 14.0. The molecule has 10 heteroatoms. The molecule has 1 aliphatic heterocycles. The molecular formula is C23H31FIN5O3. The molecule has 0 radical (unpaired) electrons. The second kappa shape index (κ2) is 13.2. The zero-order valence-corrected chi connectivity index (χ0v) is 21.4. The Labute approximate surface area is 210 Å². The highest BCUT2D eigenvalue weighted by Crippen LogP contribution is 2.24. The largest absolute Gasteiger partial charge is 0.497 e. The summed E-state index contributed by atoms with van der Waals surface area (Å²) in [7, 11) is 4.96. The molecule has 1 unspecified atom stereocenters. The van der Waals surface area contributed by atoms with E-state index in [0.717, 1.165) is 43.1 Å². The van der Waals surface area contributed by atoms with Crippen LogP contribution in [-0.4, -0.2) is 63.7 Å². The summed E-state index contributed by atoms with van der Waals surface area (Å²) in [6.07, 6.45) is 0.962. The summed E-state index contributed by atoms with van der Waals surface area (Å²) in [5, 5.41) is 9.11. The van der Waals surface area contributed by atoms with E-state index in [-0.39, 0.29) is 48.3 Å². The van der Waals surface area contributed by atoms with E-state index in [0.29, 0.717) is 11.6 Å². The molecule has 1 amide bonds. The smallest absolute Gasteiger partial charge is 0.243 e. The van der Waals surface area contributed by atoms with Gasteiger partial charge in [0.05, 0.1) is 20.8 Å². The van der Waals surface area contributed by atoms with Gasteiger partial charge in [-0.05, 0) is 48.4 Å². The minimum Gasteiger partial charge on any atom is -0.497 e. The van der Waals surface area contributed by atoms with Crippen molar-refractivity contribution >= 4 is 41.5 Å². The number of likely N-dealkylation sites (tertiary alicyclic amines) is 1. The Morgan fingerprint density at radius 2 is 1.82 bits per heavy atom. The lowest BCUT2D eigenvalue weighted by molar-refractivity contribution is -0.115. The maximum atomic E-state index is 13.0. The molecule has 2 aromatic carbocycles. The van der Waals surface area contributed by atoms with Crippen LogP contribution < -0.4 is 25.4 Å². The fraction of sp³-hybridized carbons (Fsp3) is 0.391. The normalized spacial score (nSPS) is 16.0. The number of aliphatic imine (C=N–C) groups is 1. The number of guanidine groups is 1. The first-order valence-electron chi connectivity index (χ1n) is 10.5. The Morgan fingerprint density at radius 3 is 2.42 bits per heavy atom. The highest BCUT2D eigenvalue weighted by Gasteiger charge is 2.23. The van der Waals surface area contributed by atoms with Crippen molar-refractivity contribution in [2.24, 2.45) is 4.99 Å². The number of nitrogens with zero attached hydrogens (tertiary/aromatic N) is 2. The van der Waals surface area contributed by atoms with Crippen molar-refractivity contribution in [2.75, 3.05) is 46.2 Å². The van der Waals surface area contributed by atoms with Gasteiger partial charge in [-0.2, -0.15) is 0 Å². The molecule has 3 N–H and O–H groups in total. The van der Waals surface area contributed by atoms with E-state index >= 15 is 0 Å². The van der Waals surface area contributed by atoms with Gasteiger partial charge in [0.1, 0.15) is 17.3 Å². The van der Waals surface area contributed by atoms with Crippen LogP contribution in [0.1, 0.15) is 12.0 Å². The average molecular weight is 571 g/mol. The number of hydrogen-bond donors (Lipinski definition) is 3. The second-order valence-corrected chi connectivity index (χ2v) is 7.57. The van der Waals surface area contributed by atoms with Gasteiger partial charge in [-0.3, -0.25) is 14.7 Å². The number of methoxy groups -OCH3 is 2. The number of carbonyl (C=O) groups is 1. The summed E-state index contributed by atoms with van der Waals surface area (Å²) in [6, 6.07) is 11.8. The first-order valence-corrected chi connectivity index (χ1v) is 10.5. The average Bonchev–Trinajstić information content (AvgIpc) is 3.24. The summed E-state index contributed by atoms with van der Waals surface area (Å²) >= 11 is 0. The maximum absolute atomic E-state index is 13.0. The van der Waals surface area contributed by atoms with Crippen LogP contribution in [0.3, 0.4) is 0 Å². The zero-order chi connectivity index (χ0) is 22.9. The number of amides is 1. The Bertz CT molecular complexity index is 920. The van der Waals surface area contributed by atoms with Crippen LogP contribution >= 0.6 is 24.0 Å². The summed E-state index contributed by atoms with van der Waals surface area (Å²) in [5.74, 6) is 1.53. The molecule has 2 aromatic rings. The molecule has 0 aliphatic carbocycles. The van der Waals surface area contributed by atoms with E-state index in [1.165, 1.54) is 24.3 Å². The molecule has 0 aromatic heterocycles. The fourth-order valence-corrected chi connectivity index (χ4v) is 3.60. The van der Waals surface area contributed by atoms with E-state index in [2.05, 4.69) is 25.8 Å². The van der Waals surface area contributed by atoms with Gasteiger partial charge in [-0.25, -0.2) is 4.39 Å². The number of halogens is 2. The summed E-state index contributed by atoms with van der Waals surface area (Å²) in [5.41, 5.74) is 1.67. The number of benzene rings is 2. The predicted molar refractivity (Wildman–Crippen MR) is 138 cm³/mol. The van der Waals surface area contributed by atoms with E-state index < -0.39 is 0 Å². The van der Waals surface area contributed by atoms with E-state index in [1.807, 2.05) is 18.2 Å². The lowest BCUT2D eigenvalue weighted by Gasteiger charge is -2.19. The van der Waals surface area contributed by atoms with Gasteiger partial charge in [-0.15, -0.1) is 24.0 Å². The maximum Gasteiger partial charge on any atom is 0.243 e. The van der Waals surface area contributed by atoms with Crippen molar-refractivity contribution in [3.05, 3.63) is 53.8 Å². The van der Waals surface area contributed by atoms with Crippen LogP contribution in [0.4, 0.5) is 10.1 Å². The van der Waals surface area contributed by atoms with Crippen molar-refractivity contribution in [3.8, 4) is 11.5 Å². The molecule has 0 bridgehead atoms. The molecule has 8 nitrogen and oxygen atoms in total.